The minimum Gasteiger partial charge on any atom is -0.465 e. The Morgan fingerprint density at radius 3 is 2.36 bits per heavy atom. The number of pyridine rings is 1. The molecule has 1 amide bonds. The molecule has 13 heteroatoms. The molecule has 0 bridgehead atoms. The van der Waals surface area contributed by atoms with E-state index in [4.69, 9.17) is 9.47 Å². The molecule has 2 heterocycles. The summed E-state index contributed by atoms with van der Waals surface area (Å²) in [5.74, 6) is -3.59. The lowest BCUT2D eigenvalue weighted by atomic mass is 9.82. The third-order valence-corrected chi connectivity index (χ3v) is 7.32. The van der Waals surface area contributed by atoms with E-state index in [0.29, 0.717) is 18.8 Å². The SMILES string of the molecule is COC(=O)c1cc(Oc2ncc(CCn3nccn3)cc2C(F)(F)F)c(F)cc1N(C(=O)[C@H]1CC[C@H](C)CC1)C(C)C. The van der Waals surface area contributed by atoms with Crippen molar-refractivity contribution in [2.24, 2.45) is 11.8 Å². The first-order chi connectivity index (χ1) is 19.9. The highest BCUT2D eigenvalue weighted by atomic mass is 19.4. The fourth-order valence-electron chi connectivity index (χ4n) is 5.06. The first kappa shape index (κ1) is 30.9. The lowest BCUT2D eigenvalue weighted by molar-refractivity contribution is -0.139. The Morgan fingerprint density at radius 2 is 1.76 bits per heavy atom. The van der Waals surface area contributed by atoms with Gasteiger partial charge in [0.1, 0.15) is 5.56 Å². The van der Waals surface area contributed by atoms with E-state index in [9.17, 15) is 22.8 Å². The Morgan fingerprint density at radius 1 is 1.10 bits per heavy atom. The van der Waals surface area contributed by atoms with Crippen molar-refractivity contribution in [3.8, 4) is 11.6 Å². The van der Waals surface area contributed by atoms with Gasteiger partial charge in [0.05, 0.1) is 37.3 Å². The smallest absolute Gasteiger partial charge is 0.421 e. The van der Waals surface area contributed by atoms with E-state index < -0.39 is 41.2 Å². The number of halogens is 4. The number of ether oxygens (including phenoxy) is 2. The second kappa shape index (κ2) is 12.9. The highest BCUT2D eigenvalue weighted by Gasteiger charge is 2.37. The van der Waals surface area contributed by atoms with Crippen molar-refractivity contribution in [3.63, 3.8) is 0 Å². The summed E-state index contributed by atoms with van der Waals surface area (Å²) >= 11 is 0. The molecular formula is C29H33F4N5O4. The highest BCUT2D eigenvalue weighted by Crippen LogP contribution is 2.40. The predicted molar refractivity (Wildman–Crippen MR) is 145 cm³/mol. The number of hydrogen-bond donors (Lipinski definition) is 0. The number of aryl methyl sites for hydroxylation is 2. The Bertz CT molecular complexity index is 1400. The predicted octanol–water partition coefficient (Wildman–Crippen LogP) is 6.22. The number of alkyl halides is 3. The Balaban J connectivity index is 1.69. The van der Waals surface area contributed by atoms with E-state index >= 15 is 4.39 Å². The van der Waals surface area contributed by atoms with Gasteiger partial charge in [0.25, 0.3) is 0 Å². The number of carbonyl (C=O) groups is 2. The van der Waals surface area contributed by atoms with Crippen LogP contribution in [0.5, 0.6) is 11.6 Å². The molecule has 0 N–H and O–H groups in total. The maximum Gasteiger partial charge on any atom is 0.421 e. The van der Waals surface area contributed by atoms with E-state index in [0.717, 1.165) is 38.2 Å². The second-order valence-corrected chi connectivity index (χ2v) is 10.7. The van der Waals surface area contributed by atoms with Crippen molar-refractivity contribution in [2.45, 2.75) is 71.6 Å². The second-order valence-electron chi connectivity index (χ2n) is 10.7. The summed E-state index contributed by atoms with van der Waals surface area (Å²) in [5, 5.41) is 7.84. The van der Waals surface area contributed by atoms with Crippen LogP contribution in [0.3, 0.4) is 0 Å². The van der Waals surface area contributed by atoms with Crippen LogP contribution in [0.4, 0.5) is 23.2 Å². The monoisotopic (exact) mass is 591 g/mol. The third kappa shape index (κ3) is 7.05. The van der Waals surface area contributed by atoms with Gasteiger partial charge in [-0.2, -0.15) is 28.2 Å². The summed E-state index contributed by atoms with van der Waals surface area (Å²) in [6, 6.07) is 2.28. The molecule has 0 unspecified atom stereocenters. The number of aromatic nitrogens is 4. The summed E-state index contributed by atoms with van der Waals surface area (Å²) in [6.45, 7) is 5.80. The Hall–Kier alpha value is -4.03. The molecule has 0 spiro atoms. The van der Waals surface area contributed by atoms with Gasteiger partial charge in [-0.05, 0) is 63.5 Å². The maximum atomic E-state index is 15.5. The van der Waals surface area contributed by atoms with Gasteiger partial charge in [0, 0.05) is 30.3 Å². The molecule has 9 nitrogen and oxygen atoms in total. The molecule has 2 aromatic heterocycles. The lowest BCUT2D eigenvalue weighted by Crippen LogP contribution is -2.43. The standard InChI is InChI=1S/C29H33F4N5O4/c1-17(2)38(27(39)20-7-5-18(3)6-8-20)24-15-23(30)25(14-21(24)28(40)41-4)42-26-22(29(31,32)33)13-19(16-34-26)9-12-37-35-10-11-36-37/h10-11,13-18,20H,5-9,12H2,1-4H3/t18-,20-. The lowest BCUT2D eigenvalue weighted by Gasteiger charge is -2.34. The number of nitrogens with zero attached hydrogens (tertiary/aromatic N) is 5. The van der Waals surface area contributed by atoms with Crippen LogP contribution in [0.25, 0.3) is 0 Å². The number of rotatable bonds is 9. The number of anilines is 1. The van der Waals surface area contributed by atoms with E-state index in [-0.39, 0.29) is 41.6 Å². The van der Waals surface area contributed by atoms with E-state index in [1.807, 2.05) is 0 Å². The zero-order valence-electron chi connectivity index (χ0n) is 23.8. The van der Waals surface area contributed by atoms with E-state index in [1.165, 1.54) is 28.3 Å². The van der Waals surface area contributed by atoms with Crippen LogP contribution in [0.2, 0.25) is 0 Å². The molecular weight excluding hydrogens is 558 g/mol. The molecule has 0 saturated heterocycles. The molecule has 0 aliphatic heterocycles. The molecule has 1 fully saturated rings. The molecule has 1 aromatic carbocycles. The van der Waals surface area contributed by atoms with Gasteiger partial charge < -0.3 is 14.4 Å². The molecule has 1 aliphatic carbocycles. The summed E-state index contributed by atoms with van der Waals surface area (Å²) in [5.41, 5.74) is -1.25. The van der Waals surface area contributed by atoms with E-state index in [2.05, 4.69) is 22.1 Å². The highest BCUT2D eigenvalue weighted by molar-refractivity contribution is 6.04. The zero-order chi connectivity index (χ0) is 30.6. The van der Waals surface area contributed by atoms with Crippen molar-refractivity contribution in [3.05, 3.63) is 59.3 Å². The number of methoxy groups -OCH3 is 1. The molecule has 0 atom stereocenters. The molecule has 226 valence electrons. The molecule has 4 rings (SSSR count). The van der Waals surface area contributed by atoms with Gasteiger partial charge in [-0.15, -0.1) is 0 Å². The average Bonchev–Trinajstić information content (AvgIpc) is 3.47. The topological polar surface area (TPSA) is 99.4 Å². The molecule has 0 radical (unpaired) electrons. The number of benzene rings is 1. The number of amides is 1. The fraction of sp³-hybridized carbons (Fsp3) is 0.483. The summed E-state index contributed by atoms with van der Waals surface area (Å²) < 4.78 is 67.7. The first-order valence-corrected chi connectivity index (χ1v) is 13.7. The third-order valence-electron chi connectivity index (χ3n) is 7.32. The van der Waals surface area contributed by atoms with Crippen LogP contribution in [0, 0.1) is 17.7 Å². The fourth-order valence-corrected chi connectivity index (χ4v) is 5.06. The van der Waals surface area contributed by atoms with Crippen molar-refractivity contribution in [2.75, 3.05) is 12.0 Å². The quantitative estimate of drug-likeness (QED) is 0.215. The largest absolute Gasteiger partial charge is 0.465 e. The van der Waals surface area contributed by atoms with Gasteiger partial charge >= 0.3 is 12.1 Å². The van der Waals surface area contributed by atoms with Crippen molar-refractivity contribution < 1.29 is 36.6 Å². The van der Waals surface area contributed by atoms with Crippen LogP contribution < -0.4 is 9.64 Å². The molecule has 42 heavy (non-hydrogen) atoms. The molecule has 3 aromatic rings. The molecule has 1 saturated carbocycles. The number of hydrogen-bond acceptors (Lipinski definition) is 7. The van der Waals surface area contributed by atoms with Crippen molar-refractivity contribution in [1.29, 1.82) is 0 Å². The minimum atomic E-state index is -4.87. The Kier molecular flexibility index (Phi) is 9.47. The van der Waals surface area contributed by atoms with E-state index in [1.54, 1.807) is 13.8 Å². The van der Waals surface area contributed by atoms with Gasteiger partial charge in [0.2, 0.25) is 11.8 Å². The van der Waals surface area contributed by atoms with Crippen LogP contribution in [0.1, 0.15) is 67.9 Å². The van der Waals surface area contributed by atoms with Gasteiger partial charge in [-0.3, -0.25) is 4.79 Å². The Labute approximate surface area is 240 Å². The number of esters is 1. The molecule has 1 aliphatic rings. The zero-order valence-corrected chi connectivity index (χ0v) is 23.8. The normalized spacial score (nSPS) is 17.3. The number of carbonyl (C=O) groups excluding carboxylic acids is 2. The van der Waals surface area contributed by atoms with Crippen molar-refractivity contribution >= 4 is 17.6 Å². The summed E-state index contributed by atoms with van der Waals surface area (Å²) in [6.07, 6.45) is 2.45. The van der Waals surface area contributed by atoms with Gasteiger partial charge in [-0.1, -0.05) is 6.92 Å². The van der Waals surface area contributed by atoms with Gasteiger partial charge in [-0.25, -0.2) is 14.2 Å². The maximum absolute atomic E-state index is 15.5. The van der Waals surface area contributed by atoms with Crippen LogP contribution >= 0.6 is 0 Å². The van der Waals surface area contributed by atoms with Crippen LogP contribution in [0.15, 0.2) is 36.8 Å². The minimum absolute atomic E-state index is 0.0445. The van der Waals surface area contributed by atoms with Crippen LogP contribution in [-0.4, -0.2) is 45.0 Å². The first-order valence-electron chi connectivity index (χ1n) is 13.7. The average molecular weight is 592 g/mol. The van der Waals surface area contributed by atoms with Gasteiger partial charge in [0.15, 0.2) is 11.6 Å². The van der Waals surface area contributed by atoms with Crippen molar-refractivity contribution in [1.82, 2.24) is 20.0 Å². The van der Waals surface area contributed by atoms with Crippen LogP contribution in [-0.2, 0) is 28.7 Å². The summed E-state index contributed by atoms with van der Waals surface area (Å²) in [4.78, 5) is 32.9. The summed E-state index contributed by atoms with van der Waals surface area (Å²) in [7, 11) is 1.11.